The van der Waals surface area contributed by atoms with Crippen molar-refractivity contribution in [2.45, 2.75) is 25.8 Å². The van der Waals surface area contributed by atoms with E-state index < -0.39 is 17.9 Å². The maximum Gasteiger partial charge on any atom is 0.328 e. The van der Waals surface area contributed by atoms with Crippen molar-refractivity contribution < 1.29 is 14.3 Å². The van der Waals surface area contributed by atoms with E-state index in [1.807, 2.05) is 36.4 Å². The van der Waals surface area contributed by atoms with E-state index in [0.29, 0.717) is 0 Å². The first kappa shape index (κ1) is 22.8. The van der Waals surface area contributed by atoms with Crippen LogP contribution in [0.1, 0.15) is 35.7 Å². The lowest BCUT2D eigenvalue weighted by Gasteiger charge is -2.16. The van der Waals surface area contributed by atoms with Gasteiger partial charge in [0.05, 0.1) is 22.7 Å². The summed E-state index contributed by atoms with van der Waals surface area (Å²) >= 11 is 12.1. The molecule has 1 atom stereocenters. The molecule has 154 valence electrons. The number of ether oxygens (including phenoxy) is 1. The highest BCUT2D eigenvalue weighted by Crippen LogP contribution is 2.24. The molecule has 2 aromatic carbocycles. The maximum absolute atomic E-state index is 12.6. The smallest absolute Gasteiger partial charge is 0.328 e. The van der Waals surface area contributed by atoms with Crippen LogP contribution < -0.4 is 10.6 Å². The Morgan fingerprint density at radius 3 is 2.34 bits per heavy atom. The Hall–Kier alpha value is -2.50. The molecule has 5 nitrogen and oxygen atoms in total. The van der Waals surface area contributed by atoms with Gasteiger partial charge in [-0.3, -0.25) is 4.79 Å². The van der Waals surface area contributed by atoms with Crippen molar-refractivity contribution in [3.05, 3.63) is 69.7 Å². The van der Waals surface area contributed by atoms with Crippen molar-refractivity contribution in [1.82, 2.24) is 5.32 Å². The topological polar surface area (TPSA) is 67.4 Å². The molecule has 2 aromatic rings. The van der Waals surface area contributed by atoms with Gasteiger partial charge < -0.3 is 15.4 Å². The molecule has 1 unspecified atom stereocenters. The average molecular weight is 435 g/mol. The van der Waals surface area contributed by atoms with Crippen molar-refractivity contribution >= 4 is 46.8 Å². The number of hydrogen-bond donors (Lipinski definition) is 2. The van der Waals surface area contributed by atoms with Gasteiger partial charge in [-0.05, 0) is 42.7 Å². The lowest BCUT2D eigenvalue weighted by molar-refractivity contribution is -0.142. The van der Waals surface area contributed by atoms with Crippen LogP contribution in [0.2, 0.25) is 10.0 Å². The molecule has 2 rings (SSSR count). The summed E-state index contributed by atoms with van der Waals surface area (Å²) in [6.45, 7) is 3.03. The summed E-state index contributed by atoms with van der Waals surface area (Å²) in [5.74, 6) is -1.08. The Morgan fingerprint density at radius 2 is 1.76 bits per heavy atom. The summed E-state index contributed by atoms with van der Waals surface area (Å²) in [7, 11) is 1.27. The fourth-order valence-corrected chi connectivity index (χ4v) is 3.19. The van der Waals surface area contributed by atoms with E-state index in [2.05, 4.69) is 17.6 Å². The Morgan fingerprint density at radius 1 is 1.10 bits per heavy atom. The first-order valence-electron chi connectivity index (χ1n) is 9.29. The van der Waals surface area contributed by atoms with Crippen LogP contribution in [0, 0.1) is 0 Å². The second kappa shape index (κ2) is 11.5. The standard InChI is InChI=1S/C22H24Cl2N2O3/c1-3-14-25-16-12-10-15(11-13-16)6-4-9-19(22(28)29-2)26-21(27)20-17(23)7-5-8-18(20)24/h4-8,10-13,19,25H,3,9,14H2,1-2H3,(H,26,27)/b6-4+. The van der Waals surface area contributed by atoms with E-state index in [1.54, 1.807) is 18.2 Å². The van der Waals surface area contributed by atoms with Gasteiger partial charge in [0.15, 0.2) is 0 Å². The van der Waals surface area contributed by atoms with Crippen molar-refractivity contribution in [3.63, 3.8) is 0 Å². The van der Waals surface area contributed by atoms with Crippen LogP contribution in [0.25, 0.3) is 6.08 Å². The highest BCUT2D eigenvalue weighted by atomic mass is 35.5. The molecule has 1 amide bonds. The Labute approximate surface area is 181 Å². The molecule has 7 heteroatoms. The predicted octanol–water partition coefficient (Wildman–Crippen LogP) is 5.19. The van der Waals surface area contributed by atoms with E-state index in [9.17, 15) is 9.59 Å². The van der Waals surface area contributed by atoms with Crippen LogP contribution in [0.3, 0.4) is 0 Å². The van der Waals surface area contributed by atoms with Crippen LogP contribution in [-0.4, -0.2) is 31.6 Å². The molecule has 0 radical (unpaired) electrons. The molecule has 0 saturated heterocycles. The molecule has 0 aromatic heterocycles. The van der Waals surface area contributed by atoms with E-state index in [1.165, 1.54) is 7.11 Å². The van der Waals surface area contributed by atoms with E-state index in [0.717, 1.165) is 24.2 Å². The number of rotatable bonds is 9. The zero-order valence-corrected chi connectivity index (χ0v) is 17.9. The molecule has 0 aliphatic rings. The normalized spacial score (nSPS) is 11.9. The average Bonchev–Trinajstić information content (AvgIpc) is 2.71. The van der Waals surface area contributed by atoms with E-state index in [4.69, 9.17) is 27.9 Å². The Kier molecular flexibility index (Phi) is 9.03. The van der Waals surface area contributed by atoms with Crippen LogP contribution in [0.5, 0.6) is 0 Å². The molecule has 0 aliphatic heterocycles. The number of hydrogen-bond acceptors (Lipinski definition) is 4. The zero-order chi connectivity index (χ0) is 21.2. The number of halogens is 2. The van der Waals surface area contributed by atoms with Crippen molar-refractivity contribution in [2.75, 3.05) is 19.0 Å². The Bertz CT molecular complexity index is 847. The lowest BCUT2D eigenvalue weighted by Crippen LogP contribution is -2.41. The summed E-state index contributed by atoms with van der Waals surface area (Å²) in [6, 6.07) is 11.9. The van der Waals surface area contributed by atoms with Crippen LogP contribution in [0.15, 0.2) is 48.5 Å². The van der Waals surface area contributed by atoms with Gasteiger partial charge in [-0.2, -0.15) is 0 Å². The third-order valence-electron chi connectivity index (χ3n) is 4.15. The van der Waals surface area contributed by atoms with Gasteiger partial charge in [-0.1, -0.05) is 60.5 Å². The SMILES string of the molecule is CCCNc1ccc(/C=C/CC(NC(=O)c2c(Cl)cccc2Cl)C(=O)OC)cc1. The van der Waals surface area contributed by atoms with E-state index in [-0.39, 0.29) is 22.0 Å². The second-order valence-electron chi connectivity index (χ2n) is 6.33. The predicted molar refractivity (Wildman–Crippen MR) is 119 cm³/mol. The minimum Gasteiger partial charge on any atom is -0.467 e. The van der Waals surface area contributed by atoms with E-state index >= 15 is 0 Å². The molecule has 0 heterocycles. The summed E-state index contributed by atoms with van der Waals surface area (Å²) in [6.07, 6.45) is 5.01. The van der Waals surface area contributed by atoms with Gasteiger partial charge in [0, 0.05) is 12.2 Å². The van der Waals surface area contributed by atoms with Crippen LogP contribution >= 0.6 is 23.2 Å². The fraction of sp³-hybridized carbons (Fsp3) is 0.273. The first-order chi connectivity index (χ1) is 14.0. The molecule has 0 aliphatic carbocycles. The maximum atomic E-state index is 12.6. The molecule has 2 N–H and O–H groups in total. The molecule has 0 spiro atoms. The second-order valence-corrected chi connectivity index (χ2v) is 7.15. The first-order valence-corrected chi connectivity index (χ1v) is 10.0. The summed E-state index contributed by atoms with van der Waals surface area (Å²) in [5, 5.41) is 6.38. The monoisotopic (exact) mass is 434 g/mol. The minimum atomic E-state index is -0.860. The molecule has 0 saturated carbocycles. The third kappa shape index (κ3) is 6.80. The van der Waals surface area contributed by atoms with Gasteiger partial charge in [0.25, 0.3) is 5.91 Å². The van der Waals surface area contributed by atoms with Gasteiger partial charge in [-0.25, -0.2) is 4.79 Å². The largest absolute Gasteiger partial charge is 0.467 e. The highest BCUT2D eigenvalue weighted by molar-refractivity contribution is 6.39. The molecule has 0 bridgehead atoms. The zero-order valence-electron chi connectivity index (χ0n) is 16.4. The van der Waals surface area contributed by atoms with Crippen molar-refractivity contribution in [2.24, 2.45) is 0 Å². The van der Waals surface area contributed by atoms with Gasteiger partial charge in [-0.15, -0.1) is 0 Å². The Balaban J connectivity index is 2.04. The fourth-order valence-electron chi connectivity index (χ4n) is 2.62. The summed E-state index contributed by atoms with van der Waals surface area (Å²) < 4.78 is 4.80. The number of carbonyl (C=O) groups is 2. The quantitative estimate of drug-likeness (QED) is 0.532. The highest BCUT2D eigenvalue weighted by Gasteiger charge is 2.23. The number of carbonyl (C=O) groups excluding carboxylic acids is 2. The number of methoxy groups -OCH3 is 1. The minimum absolute atomic E-state index is 0.129. The number of esters is 1. The summed E-state index contributed by atoms with van der Waals surface area (Å²) in [5.41, 5.74) is 2.17. The molecule has 0 fully saturated rings. The van der Waals surface area contributed by atoms with Crippen molar-refractivity contribution in [1.29, 1.82) is 0 Å². The molecule has 29 heavy (non-hydrogen) atoms. The van der Waals surface area contributed by atoms with Crippen molar-refractivity contribution in [3.8, 4) is 0 Å². The molecular formula is C22H24Cl2N2O3. The lowest BCUT2D eigenvalue weighted by atomic mass is 10.1. The van der Waals surface area contributed by atoms with Gasteiger partial charge in [0.1, 0.15) is 6.04 Å². The van der Waals surface area contributed by atoms with Gasteiger partial charge >= 0.3 is 5.97 Å². The number of anilines is 1. The molecular weight excluding hydrogens is 411 g/mol. The number of amides is 1. The van der Waals surface area contributed by atoms with Crippen LogP contribution in [0.4, 0.5) is 5.69 Å². The van der Waals surface area contributed by atoms with Gasteiger partial charge in [0.2, 0.25) is 0 Å². The van der Waals surface area contributed by atoms with Crippen LogP contribution in [-0.2, 0) is 9.53 Å². The number of nitrogens with one attached hydrogen (secondary N) is 2. The summed E-state index contributed by atoms with van der Waals surface area (Å²) in [4.78, 5) is 24.6. The number of benzene rings is 2. The third-order valence-corrected chi connectivity index (χ3v) is 4.78.